The molecule has 0 spiro atoms. The van der Waals surface area contributed by atoms with Crippen LogP contribution in [-0.4, -0.2) is 36.5 Å². The van der Waals surface area contributed by atoms with E-state index in [2.05, 4.69) is 5.32 Å². The van der Waals surface area contributed by atoms with E-state index in [1.165, 1.54) is 12.1 Å². The molecule has 0 bridgehead atoms. The third-order valence-electron chi connectivity index (χ3n) is 5.20. The first-order valence-electron chi connectivity index (χ1n) is 10.1. The van der Waals surface area contributed by atoms with E-state index in [1.54, 1.807) is 26.8 Å². The minimum absolute atomic E-state index is 0.0152. The van der Waals surface area contributed by atoms with Gasteiger partial charge >= 0.3 is 5.97 Å². The number of anilines is 2. The number of ether oxygens (including phenoxy) is 1. The first-order chi connectivity index (χ1) is 14.6. The number of carbonyl (C=O) groups excluding carboxylic acids is 3. The number of amides is 2. The standard InChI is InChI=1S/C22H26FN3O4S/c1-11(2)30-22(29)18-13(4)19(20(24)28)31-21(18)25-17(27)10-26-12(3)5-6-14-9-15(23)7-8-16(14)26/h7-9,11-12H,5-6,10H2,1-4H3,(H2,24,28)(H,25,27). The Morgan fingerprint density at radius 1 is 1.35 bits per heavy atom. The Bertz CT molecular complexity index is 1030. The van der Waals surface area contributed by atoms with Crippen molar-refractivity contribution < 1.29 is 23.5 Å². The Morgan fingerprint density at radius 2 is 2.06 bits per heavy atom. The van der Waals surface area contributed by atoms with Crippen molar-refractivity contribution in [3.8, 4) is 0 Å². The smallest absolute Gasteiger partial charge is 0.341 e. The van der Waals surface area contributed by atoms with Crippen molar-refractivity contribution in [2.24, 2.45) is 5.73 Å². The van der Waals surface area contributed by atoms with Gasteiger partial charge in [-0.25, -0.2) is 9.18 Å². The maximum absolute atomic E-state index is 13.6. The topological polar surface area (TPSA) is 102 Å². The number of carbonyl (C=O) groups is 3. The van der Waals surface area contributed by atoms with Crippen molar-refractivity contribution in [1.82, 2.24) is 0 Å². The van der Waals surface area contributed by atoms with Gasteiger partial charge in [-0.1, -0.05) is 0 Å². The summed E-state index contributed by atoms with van der Waals surface area (Å²) in [5, 5.41) is 2.97. The molecule has 0 fully saturated rings. The maximum Gasteiger partial charge on any atom is 0.341 e. The van der Waals surface area contributed by atoms with Crippen LogP contribution < -0.4 is 16.0 Å². The molecule has 2 amide bonds. The van der Waals surface area contributed by atoms with Gasteiger partial charge in [-0.3, -0.25) is 9.59 Å². The summed E-state index contributed by atoms with van der Waals surface area (Å²) in [6, 6.07) is 4.64. The molecule has 2 aromatic rings. The van der Waals surface area contributed by atoms with Gasteiger partial charge < -0.3 is 20.7 Å². The van der Waals surface area contributed by atoms with Gasteiger partial charge in [0.2, 0.25) is 5.91 Å². The predicted molar refractivity (Wildman–Crippen MR) is 118 cm³/mol. The van der Waals surface area contributed by atoms with Crippen LogP contribution in [0.5, 0.6) is 0 Å². The molecule has 9 heteroatoms. The number of benzene rings is 1. The average molecular weight is 448 g/mol. The number of nitrogens with one attached hydrogen (secondary N) is 1. The molecule has 166 valence electrons. The Morgan fingerprint density at radius 3 is 2.71 bits per heavy atom. The van der Waals surface area contributed by atoms with Crippen molar-refractivity contribution in [3.63, 3.8) is 0 Å². The van der Waals surface area contributed by atoms with Crippen LogP contribution in [0.25, 0.3) is 0 Å². The van der Waals surface area contributed by atoms with E-state index in [-0.39, 0.29) is 45.9 Å². The Hall–Kier alpha value is -2.94. The molecule has 1 aromatic carbocycles. The van der Waals surface area contributed by atoms with E-state index < -0.39 is 11.9 Å². The highest BCUT2D eigenvalue weighted by atomic mass is 32.1. The van der Waals surface area contributed by atoms with Gasteiger partial charge in [0.15, 0.2) is 0 Å². The molecule has 3 rings (SSSR count). The summed E-state index contributed by atoms with van der Waals surface area (Å²) in [5.41, 5.74) is 7.62. The van der Waals surface area contributed by atoms with E-state index in [0.29, 0.717) is 5.56 Å². The van der Waals surface area contributed by atoms with Gasteiger partial charge in [-0.15, -0.1) is 11.3 Å². The number of esters is 1. The summed E-state index contributed by atoms with van der Waals surface area (Å²) in [6.07, 6.45) is 1.17. The van der Waals surface area contributed by atoms with Crippen LogP contribution in [0.1, 0.15) is 58.3 Å². The molecular formula is C22H26FN3O4S. The van der Waals surface area contributed by atoms with Crippen LogP contribution in [0.3, 0.4) is 0 Å². The van der Waals surface area contributed by atoms with Gasteiger partial charge in [-0.05, 0) is 69.9 Å². The van der Waals surface area contributed by atoms with Crippen molar-refractivity contribution >= 4 is 39.8 Å². The summed E-state index contributed by atoms with van der Waals surface area (Å²) in [6.45, 7) is 7.04. The molecule has 1 aliphatic heterocycles. The second-order valence-corrected chi connectivity index (χ2v) is 8.94. The minimum atomic E-state index is -0.679. The fraction of sp³-hybridized carbons (Fsp3) is 0.409. The number of hydrogen-bond donors (Lipinski definition) is 2. The molecule has 0 aliphatic carbocycles. The van der Waals surface area contributed by atoms with Gasteiger partial charge in [0.05, 0.1) is 23.1 Å². The molecule has 0 saturated heterocycles. The van der Waals surface area contributed by atoms with Crippen LogP contribution in [-0.2, 0) is 16.0 Å². The second kappa shape index (κ2) is 9.05. The zero-order valence-electron chi connectivity index (χ0n) is 18.0. The average Bonchev–Trinajstić information content (AvgIpc) is 2.99. The highest BCUT2D eigenvalue weighted by Crippen LogP contribution is 2.35. The first-order valence-corrected chi connectivity index (χ1v) is 10.9. The lowest BCUT2D eigenvalue weighted by molar-refractivity contribution is -0.115. The normalized spacial score (nSPS) is 15.5. The molecule has 0 saturated carbocycles. The predicted octanol–water partition coefficient (Wildman–Crippen LogP) is 3.64. The zero-order chi connectivity index (χ0) is 22.9. The zero-order valence-corrected chi connectivity index (χ0v) is 18.8. The fourth-order valence-electron chi connectivity index (χ4n) is 3.71. The van der Waals surface area contributed by atoms with E-state index in [1.807, 2.05) is 11.8 Å². The Balaban J connectivity index is 1.86. The fourth-order valence-corrected chi connectivity index (χ4v) is 4.77. The lowest BCUT2D eigenvalue weighted by Gasteiger charge is -2.36. The van der Waals surface area contributed by atoms with E-state index in [4.69, 9.17) is 10.5 Å². The van der Waals surface area contributed by atoms with Gasteiger partial charge in [0.25, 0.3) is 5.91 Å². The van der Waals surface area contributed by atoms with Gasteiger partial charge in [0, 0.05) is 11.7 Å². The molecule has 1 atom stereocenters. The molecule has 1 aromatic heterocycles. The van der Waals surface area contributed by atoms with E-state index in [9.17, 15) is 18.8 Å². The number of halogens is 1. The first kappa shape index (κ1) is 22.7. The molecule has 31 heavy (non-hydrogen) atoms. The van der Waals surface area contributed by atoms with Crippen molar-refractivity contribution in [1.29, 1.82) is 0 Å². The summed E-state index contributed by atoms with van der Waals surface area (Å²) in [5.74, 6) is -1.97. The molecule has 2 heterocycles. The highest BCUT2D eigenvalue weighted by Gasteiger charge is 2.29. The number of nitrogens with zero attached hydrogens (tertiary/aromatic N) is 1. The maximum atomic E-state index is 13.6. The number of nitrogens with two attached hydrogens (primary N) is 1. The number of hydrogen-bond acceptors (Lipinski definition) is 6. The van der Waals surface area contributed by atoms with Crippen molar-refractivity contribution in [2.45, 2.75) is 52.7 Å². The molecular weight excluding hydrogens is 421 g/mol. The number of thiophene rings is 1. The van der Waals surface area contributed by atoms with Crippen LogP contribution in [0.15, 0.2) is 18.2 Å². The van der Waals surface area contributed by atoms with Crippen LogP contribution in [0.2, 0.25) is 0 Å². The highest BCUT2D eigenvalue weighted by molar-refractivity contribution is 7.18. The second-order valence-electron chi connectivity index (χ2n) is 7.92. The largest absolute Gasteiger partial charge is 0.459 e. The molecule has 7 nitrogen and oxygen atoms in total. The van der Waals surface area contributed by atoms with Crippen molar-refractivity contribution in [2.75, 3.05) is 16.8 Å². The summed E-state index contributed by atoms with van der Waals surface area (Å²) in [7, 11) is 0. The van der Waals surface area contributed by atoms with Crippen molar-refractivity contribution in [3.05, 3.63) is 45.6 Å². The number of aryl methyl sites for hydroxylation is 1. The molecule has 0 radical (unpaired) electrons. The third-order valence-corrected chi connectivity index (χ3v) is 6.42. The summed E-state index contributed by atoms with van der Waals surface area (Å²) < 4.78 is 18.9. The third kappa shape index (κ3) is 4.87. The van der Waals surface area contributed by atoms with Crippen LogP contribution in [0.4, 0.5) is 15.1 Å². The molecule has 1 aliphatic rings. The SMILES string of the molecule is Cc1c(C(N)=O)sc(NC(=O)CN2c3ccc(F)cc3CCC2C)c1C(=O)OC(C)C. The molecule has 3 N–H and O–H groups in total. The number of primary amides is 1. The van der Waals surface area contributed by atoms with Crippen LogP contribution in [0, 0.1) is 12.7 Å². The van der Waals surface area contributed by atoms with E-state index >= 15 is 0 Å². The Kier molecular flexibility index (Phi) is 6.64. The monoisotopic (exact) mass is 447 g/mol. The quantitative estimate of drug-likeness (QED) is 0.659. The number of fused-ring (bicyclic) bond motifs is 1. The van der Waals surface area contributed by atoms with E-state index in [0.717, 1.165) is 35.4 Å². The Labute approximate surface area is 184 Å². The summed E-state index contributed by atoms with van der Waals surface area (Å²) >= 11 is 0.953. The summed E-state index contributed by atoms with van der Waals surface area (Å²) in [4.78, 5) is 39.4. The van der Waals surface area contributed by atoms with Crippen LogP contribution >= 0.6 is 11.3 Å². The lowest BCUT2D eigenvalue weighted by atomic mass is 9.96. The lowest BCUT2D eigenvalue weighted by Crippen LogP contribution is -2.42. The van der Waals surface area contributed by atoms with Gasteiger partial charge in [0.1, 0.15) is 10.8 Å². The number of rotatable bonds is 6. The molecule has 1 unspecified atom stereocenters. The van der Waals surface area contributed by atoms with Gasteiger partial charge in [-0.2, -0.15) is 0 Å². The minimum Gasteiger partial charge on any atom is -0.459 e.